The lowest BCUT2D eigenvalue weighted by atomic mass is 10.0. The lowest BCUT2D eigenvalue weighted by Crippen LogP contribution is -2.28. The van der Waals surface area contributed by atoms with Gasteiger partial charge in [0.25, 0.3) is 0 Å². The quantitative estimate of drug-likeness (QED) is 0.709. The fraction of sp³-hybridized carbons (Fsp3) is 0.190. The highest BCUT2D eigenvalue weighted by molar-refractivity contribution is 7.92. The Hall–Kier alpha value is -3.00. The second-order valence-corrected chi connectivity index (χ2v) is 8.55. The van der Waals surface area contributed by atoms with Gasteiger partial charge in [-0.1, -0.05) is 12.1 Å². The van der Waals surface area contributed by atoms with Crippen LogP contribution in [0.5, 0.6) is 11.5 Å². The van der Waals surface area contributed by atoms with Gasteiger partial charge >= 0.3 is 0 Å². The summed E-state index contributed by atoms with van der Waals surface area (Å²) in [7, 11) is -0.942. The molecule has 1 aliphatic rings. The zero-order valence-electron chi connectivity index (χ0n) is 15.7. The molecule has 0 N–H and O–H groups in total. The van der Waals surface area contributed by atoms with Gasteiger partial charge in [0.15, 0.2) is 38.8 Å². The Morgan fingerprint density at radius 1 is 0.828 bits per heavy atom. The standard InChI is InChI=1S/C21H18F2O5S/c1-27-19-5-3-13(9-17(19)22)7-15-11-29(25,26)12-16(21(15)24)8-14-4-6-20(28-2)18(23)10-14/h3-10H,11-12H2,1-2H3/b15-7-,16-8+. The maximum atomic E-state index is 13.9. The zero-order chi connectivity index (χ0) is 21.2. The summed E-state index contributed by atoms with van der Waals surface area (Å²) in [5, 5.41) is 0. The van der Waals surface area contributed by atoms with Crippen LogP contribution in [0.3, 0.4) is 0 Å². The van der Waals surface area contributed by atoms with E-state index in [4.69, 9.17) is 9.47 Å². The summed E-state index contributed by atoms with van der Waals surface area (Å²) in [6.45, 7) is 0. The molecule has 152 valence electrons. The molecular weight excluding hydrogens is 402 g/mol. The van der Waals surface area contributed by atoms with Gasteiger partial charge in [0.05, 0.1) is 25.7 Å². The molecule has 29 heavy (non-hydrogen) atoms. The second-order valence-electron chi connectivity index (χ2n) is 6.49. The highest BCUT2D eigenvalue weighted by Gasteiger charge is 2.30. The van der Waals surface area contributed by atoms with Gasteiger partial charge < -0.3 is 9.47 Å². The molecule has 5 nitrogen and oxygen atoms in total. The Bertz CT molecular complexity index is 1050. The van der Waals surface area contributed by atoms with E-state index in [0.717, 1.165) is 12.1 Å². The third kappa shape index (κ3) is 4.71. The Morgan fingerprint density at radius 3 is 1.59 bits per heavy atom. The van der Waals surface area contributed by atoms with Gasteiger partial charge in [-0.15, -0.1) is 0 Å². The van der Waals surface area contributed by atoms with E-state index in [1.54, 1.807) is 0 Å². The van der Waals surface area contributed by atoms with Crippen molar-refractivity contribution in [2.24, 2.45) is 0 Å². The maximum Gasteiger partial charge on any atom is 0.187 e. The number of ether oxygens (including phenoxy) is 2. The second kappa shape index (κ2) is 8.16. The van der Waals surface area contributed by atoms with E-state index in [1.807, 2.05) is 0 Å². The van der Waals surface area contributed by atoms with Gasteiger partial charge in [-0.3, -0.25) is 4.79 Å². The van der Waals surface area contributed by atoms with Crippen LogP contribution >= 0.6 is 0 Å². The monoisotopic (exact) mass is 420 g/mol. The average Bonchev–Trinajstić information content (AvgIpc) is 2.65. The van der Waals surface area contributed by atoms with Crippen molar-refractivity contribution >= 4 is 27.8 Å². The number of sulfone groups is 1. The smallest absolute Gasteiger partial charge is 0.187 e. The summed E-state index contributed by atoms with van der Waals surface area (Å²) in [6.07, 6.45) is 2.67. The van der Waals surface area contributed by atoms with E-state index in [2.05, 4.69) is 0 Å². The number of ketones is 1. The fourth-order valence-corrected chi connectivity index (χ4v) is 4.50. The van der Waals surface area contributed by atoms with Crippen LogP contribution in [-0.2, 0) is 14.6 Å². The molecule has 0 atom stereocenters. The minimum Gasteiger partial charge on any atom is -0.494 e. The summed E-state index contributed by atoms with van der Waals surface area (Å²) in [6, 6.07) is 8.13. The van der Waals surface area contributed by atoms with Gasteiger partial charge in [0, 0.05) is 11.1 Å². The number of methoxy groups -OCH3 is 2. The molecule has 1 fully saturated rings. The largest absolute Gasteiger partial charge is 0.494 e. The molecule has 0 spiro atoms. The van der Waals surface area contributed by atoms with E-state index in [1.165, 1.54) is 50.6 Å². The number of carbonyl (C=O) groups excluding carboxylic acids is 1. The van der Waals surface area contributed by atoms with Crippen molar-refractivity contribution in [2.75, 3.05) is 25.7 Å². The van der Waals surface area contributed by atoms with E-state index in [0.29, 0.717) is 11.1 Å². The number of carbonyl (C=O) groups is 1. The molecule has 0 unspecified atom stereocenters. The third-order valence-corrected chi connectivity index (χ3v) is 5.87. The van der Waals surface area contributed by atoms with Crippen molar-refractivity contribution in [1.82, 2.24) is 0 Å². The zero-order valence-corrected chi connectivity index (χ0v) is 16.6. The van der Waals surface area contributed by atoms with Crippen molar-refractivity contribution in [3.05, 3.63) is 70.3 Å². The average molecular weight is 420 g/mol. The lowest BCUT2D eigenvalue weighted by molar-refractivity contribution is -0.112. The molecule has 8 heteroatoms. The summed E-state index contributed by atoms with van der Waals surface area (Å²) in [5.41, 5.74) is 0.694. The first-order valence-corrected chi connectivity index (χ1v) is 10.4. The SMILES string of the molecule is COc1ccc(/C=C2\CS(=O)(=O)C/C(=C/c3ccc(OC)c(F)c3)C2=O)cc1F. The van der Waals surface area contributed by atoms with Crippen LogP contribution < -0.4 is 9.47 Å². The summed E-state index contributed by atoms with van der Waals surface area (Å²) in [5.74, 6) is -2.56. The van der Waals surface area contributed by atoms with E-state index < -0.39 is 38.8 Å². The predicted molar refractivity (Wildman–Crippen MR) is 106 cm³/mol. The van der Waals surface area contributed by atoms with Gasteiger partial charge in [0.2, 0.25) is 0 Å². The van der Waals surface area contributed by atoms with Crippen LogP contribution in [0.15, 0.2) is 47.5 Å². The summed E-state index contributed by atoms with van der Waals surface area (Å²) < 4.78 is 62.1. The number of hydrogen-bond acceptors (Lipinski definition) is 5. The molecule has 0 bridgehead atoms. The molecule has 2 aromatic carbocycles. The van der Waals surface area contributed by atoms with Crippen LogP contribution in [-0.4, -0.2) is 39.9 Å². The number of halogens is 2. The first kappa shape index (κ1) is 20.7. The topological polar surface area (TPSA) is 69.7 Å². The van der Waals surface area contributed by atoms with E-state index in [-0.39, 0.29) is 22.6 Å². The Balaban J connectivity index is 1.99. The molecular formula is C21H18F2O5S. The molecule has 0 aromatic heterocycles. The molecule has 0 saturated carbocycles. The fourth-order valence-electron chi connectivity index (χ4n) is 3.02. The van der Waals surface area contributed by atoms with Crippen LogP contribution in [0.1, 0.15) is 11.1 Å². The van der Waals surface area contributed by atoms with Gasteiger partial charge in [-0.2, -0.15) is 0 Å². The molecule has 0 radical (unpaired) electrons. The predicted octanol–water partition coefficient (Wildman–Crippen LogP) is 3.45. The van der Waals surface area contributed by atoms with E-state index in [9.17, 15) is 22.0 Å². The number of Topliss-reactive ketones (excluding diaryl/α,β-unsaturated/α-hetero) is 1. The van der Waals surface area contributed by atoms with Crippen molar-refractivity contribution in [2.45, 2.75) is 0 Å². The first-order chi connectivity index (χ1) is 13.7. The molecule has 1 saturated heterocycles. The molecule has 2 aromatic rings. The molecule has 0 amide bonds. The lowest BCUT2D eigenvalue weighted by Gasteiger charge is -2.17. The Kier molecular flexibility index (Phi) is 5.83. The summed E-state index contributed by atoms with van der Waals surface area (Å²) >= 11 is 0. The summed E-state index contributed by atoms with van der Waals surface area (Å²) in [4.78, 5) is 12.8. The Labute approximate surface area is 167 Å². The maximum absolute atomic E-state index is 13.9. The van der Waals surface area contributed by atoms with Crippen LogP contribution in [0.25, 0.3) is 12.2 Å². The van der Waals surface area contributed by atoms with Gasteiger partial charge in [0.1, 0.15) is 0 Å². The molecule has 1 aliphatic heterocycles. The number of hydrogen-bond donors (Lipinski definition) is 0. The van der Waals surface area contributed by atoms with E-state index >= 15 is 0 Å². The van der Waals surface area contributed by atoms with Crippen molar-refractivity contribution in [3.63, 3.8) is 0 Å². The number of benzene rings is 2. The van der Waals surface area contributed by atoms with Crippen molar-refractivity contribution in [3.8, 4) is 11.5 Å². The Morgan fingerprint density at radius 2 is 1.24 bits per heavy atom. The van der Waals surface area contributed by atoms with Crippen LogP contribution in [0.4, 0.5) is 8.78 Å². The minimum absolute atomic E-state index is 0.0149. The third-order valence-electron chi connectivity index (χ3n) is 4.37. The van der Waals surface area contributed by atoms with Crippen LogP contribution in [0.2, 0.25) is 0 Å². The molecule has 3 rings (SSSR count). The van der Waals surface area contributed by atoms with Crippen molar-refractivity contribution < 1.29 is 31.5 Å². The highest BCUT2D eigenvalue weighted by Crippen LogP contribution is 2.26. The highest BCUT2D eigenvalue weighted by atomic mass is 32.2. The normalized spacial score (nSPS) is 18.8. The number of rotatable bonds is 4. The minimum atomic E-state index is -3.59. The molecule has 1 heterocycles. The first-order valence-electron chi connectivity index (χ1n) is 8.56. The van der Waals surface area contributed by atoms with Crippen molar-refractivity contribution in [1.29, 1.82) is 0 Å². The van der Waals surface area contributed by atoms with Crippen LogP contribution in [0, 0.1) is 11.6 Å². The van der Waals surface area contributed by atoms with Gasteiger partial charge in [-0.05, 0) is 47.5 Å². The van der Waals surface area contributed by atoms with Gasteiger partial charge in [-0.25, -0.2) is 17.2 Å². The molecule has 0 aliphatic carbocycles.